The first-order valence-electron chi connectivity index (χ1n) is 7.21. The largest absolute Gasteiger partial charge is 0.490 e. The van der Waals surface area contributed by atoms with Crippen LogP contribution in [0.4, 0.5) is 13.2 Å². The van der Waals surface area contributed by atoms with E-state index in [1.54, 1.807) is 6.07 Å². The lowest BCUT2D eigenvalue weighted by Gasteiger charge is -2.41. The summed E-state index contributed by atoms with van der Waals surface area (Å²) in [6.45, 7) is 3.62. The molecule has 1 aromatic rings. The molecule has 10 heteroatoms. The zero-order valence-corrected chi connectivity index (χ0v) is 13.2. The third-order valence-corrected chi connectivity index (χ3v) is 4.13. The molecule has 0 aromatic carbocycles. The Kier molecular flexibility index (Phi) is 5.76. The number of aliphatic carboxylic acids is 1. The van der Waals surface area contributed by atoms with E-state index >= 15 is 0 Å². The predicted octanol–water partition coefficient (Wildman–Crippen LogP) is 2.25. The molecule has 2 aliphatic heterocycles. The second kappa shape index (κ2) is 7.43. The molecule has 0 radical (unpaired) electrons. The number of carbonyl (C=O) groups is 2. The first-order valence-corrected chi connectivity index (χ1v) is 7.59. The number of fused-ring (bicyclic) bond motifs is 2. The summed E-state index contributed by atoms with van der Waals surface area (Å²) in [4.78, 5) is 23.0. The van der Waals surface area contributed by atoms with E-state index in [-0.39, 0.29) is 11.7 Å². The van der Waals surface area contributed by atoms with Gasteiger partial charge in [0.25, 0.3) is 5.91 Å². The summed E-state index contributed by atoms with van der Waals surface area (Å²) in [5, 5.41) is 10.9. The van der Waals surface area contributed by atoms with Crippen LogP contribution in [0, 0.1) is 11.8 Å². The minimum atomic E-state index is -5.08. The summed E-state index contributed by atoms with van der Waals surface area (Å²) in [6, 6.07) is 1.61. The van der Waals surface area contributed by atoms with E-state index < -0.39 is 12.1 Å². The van der Waals surface area contributed by atoms with Crippen molar-refractivity contribution >= 4 is 23.5 Å². The molecule has 0 unspecified atom stereocenters. The van der Waals surface area contributed by atoms with Gasteiger partial charge in [-0.05, 0) is 37.4 Å². The topological polar surface area (TPSA) is 82.8 Å². The van der Waals surface area contributed by atoms with E-state index in [1.165, 1.54) is 12.7 Å². The maximum Gasteiger partial charge on any atom is 0.490 e. The molecule has 2 saturated heterocycles. The minimum Gasteiger partial charge on any atom is -0.475 e. The number of nitrogens with zero attached hydrogens (tertiary/aromatic N) is 1. The summed E-state index contributed by atoms with van der Waals surface area (Å²) >= 11 is 5.92. The maximum atomic E-state index is 12.2. The van der Waals surface area contributed by atoms with E-state index in [1.807, 2.05) is 4.90 Å². The van der Waals surface area contributed by atoms with Gasteiger partial charge < -0.3 is 19.7 Å². The molecule has 1 amide bonds. The van der Waals surface area contributed by atoms with Crippen molar-refractivity contribution in [2.45, 2.75) is 12.6 Å². The van der Waals surface area contributed by atoms with Gasteiger partial charge in [0.2, 0.25) is 5.76 Å². The summed E-state index contributed by atoms with van der Waals surface area (Å²) < 4.78 is 36.9. The summed E-state index contributed by atoms with van der Waals surface area (Å²) in [5.74, 6) is -1.41. The molecule has 6 nitrogen and oxygen atoms in total. The van der Waals surface area contributed by atoms with Crippen LogP contribution < -0.4 is 5.32 Å². The molecule has 2 atom stereocenters. The molecule has 0 saturated carbocycles. The number of hydrogen-bond acceptors (Lipinski definition) is 4. The van der Waals surface area contributed by atoms with E-state index in [2.05, 4.69) is 5.32 Å². The minimum absolute atomic E-state index is 0.0726. The number of halogens is 4. The van der Waals surface area contributed by atoms with E-state index in [4.69, 9.17) is 25.9 Å². The van der Waals surface area contributed by atoms with Crippen molar-refractivity contribution in [2.24, 2.45) is 11.8 Å². The number of hydrogen-bond donors (Lipinski definition) is 2. The Morgan fingerprint density at radius 2 is 1.83 bits per heavy atom. The average Bonchev–Trinajstić information content (AvgIpc) is 2.92. The first kappa shape index (κ1) is 18.6. The van der Waals surface area contributed by atoms with Crippen molar-refractivity contribution in [2.75, 3.05) is 26.2 Å². The van der Waals surface area contributed by atoms with E-state index in [0.29, 0.717) is 16.9 Å². The third-order valence-electron chi connectivity index (χ3n) is 3.83. The summed E-state index contributed by atoms with van der Waals surface area (Å²) in [6.07, 6.45) is -2.40. The number of furan rings is 1. The zero-order chi connectivity index (χ0) is 17.9. The highest BCUT2D eigenvalue weighted by Crippen LogP contribution is 2.27. The fourth-order valence-electron chi connectivity index (χ4n) is 2.86. The van der Waals surface area contributed by atoms with Crippen LogP contribution >= 0.6 is 11.6 Å². The number of carbonyl (C=O) groups excluding carboxylic acids is 1. The highest BCUT2D eigenvalue weighted by atomic mass is 35.5. The molecule has 134 valence electrons. The van der Waals surface area contributed by atoms with Crippen LogP contribution in [0.15, 0.2) is 16.7 Å². The van der Waals surface area contributed by atoms with Crippen molar-refractivity contribution in [3.63, 3.8) is 0 Å². The van der Waals surface area contributed by atoms with Gasteiger partial charge in [0.05, 0.1) is 11.3 Å². The van der Waals surface area contributed by atoms with Gasteiger partial charge in [-0.15, -0.1) is 0 Å². The number of piperidine rings is 2. The van der Waals surface area contributed by atoms with Gasteiger partial charge in [-0.3, -0.25) is 4.79 Å². The average molecular weight is 369 g/mol. The monoisotopic (exact) mass is 368 g/mol. The zero-order valence-electron chi connectivity index (χ0n) is 12.5. The van der Waals surface area contributed by atoms with Crippen LogP contribution in [0.25, 0.3) is 0 Å². The van der Waals surface area contributed by atoms with Gasteiger partial charge in [-0.25, -0.2) is 4.79 Å². The highest BCUT2D eigenvalue weighted by Gasteiger charge is 2.38. The number of amides is 1. The first-order chi connectivity index (χ1) is 11.2. The van der Waals surface area contributed by atoms with E-state index in [0.717, 1.165) is 26.2 Å². The van der Waals surface area contributed by atoms with Gasteiger partial charge in [0.1, 0.15) is 0 Å². The van der Waals surface area contributed by atoms with Gasteiger partial charge in [-0.2, -0.15) is 13.2 Å². The molecule has 3 rings (SSSR count). The molecular weight excluding hydrogens is 353 g/mol. The van der Waals surface area contributed by atoms with E-state index in [9.17, 15) is 18.0 Å². The Labute approximate surface area is 140 Å². The Morgan fingerprint density at radius 3 is 2.25 bits per heavy atom. The van der Waals surface area contributed by atoms with Gasteiger partial charge in [0.15, 0.2) is 0 Å². The quantitative estimate of drug-likeness (QED) is 0.794. The fraction of sp³-hybridized carbons (Fsp3) is 0.571. The summed E-state index contributed by atoms with van der Waals surface area (Å²) in [7, 11) is 0. The van der Waals surface area contributed by atoms with Crippen molar-refractivity contribution in [1.29, 1.82) is 0 Å². The fourth-order valence-corrected chi connectivity index (χ4v) is 3.04. The molecule has 2 aliphatic rings. The molecule has 2 fully saturated rings. The molecular formula is C14H16ClF3N2O4. The number of carboxylic acid groups (broad SMARTS) is 1. The number of rotatable bonds is 1. The molecule has 1 aromatic heterocycles. The van der Waals surface area contributed by atoms with Crippen LogP contribution in [0.5, 0.6) is 0 Å². The molecule has 2 bridgehead atoms. The Balaban J connectivity index is 0.000000256. The number of nitrogens with one attached hydrogen (secondary N) is 1. The smallest absolute Gasteiger partial charge is 0.475 e. The lowest BCUT2D eigenvalue weighted by molar-refractivity contribution is -0.192. The normalized spacial score (nSPS) is 23.2. The Hall–Kier alpha value is -1.74. The van der Waals surface area contributed by atoms with Crippen LogP contribution in [-0.2, 0) is 4.79 Å². The van der Waals surface area contributed by atoms with Gasteiger partial charge in [0, 0.05) is 13.1 Å². The second-order valence-corrected chi connectivity index (χ2v) is 6.14. The van der Waals surface area contributed by atoms with Crippen molar-refractivity contribution in [3.8, 4) is 0 Å². The number of carboxylic acids is 1. The Morgan fingerprint density at radius 1 is 1.29 bits per heavy atom. The van der Waals surface area contributed by atoms with Crippen LogP contribution in [-0.4, -0.2) is 54.2 Å². The van der Waals surface area contributed by atoms with Crippen molar-refractivity contribution < 1.29 is 32.3 Å². The highest BCUT2D eigenvalue weighted by molar-refractivity contribution is 6.33. The molecule has 0 spiro atoms. The van der Waals surface area contributed by atoms with Crippen LogP contribution in [0.1, 0.15) is 17.0 Å². The van der Waals surface area contributed by atoms with Crippen LogP contribution in [0.3, 0.4) is 0 Å². The number of likely N-dealkylation sites (tertiary alicyclic amines) is 1. The molecule has 24 heavy (non-hydrogen) atoms. The van der Waals surface area contributed by atoms with Crippen LogP contribution in [0.2, 0.25) is 5.02 Å². The van der Waals surface area contributed by atoms with Crippen molar-refractivity contribution in [3.05, 3.63) is 23.1 Å². The van der Waals surface area contributed by atoms with Gasteiger partial charge >= 0.3 is 12.1 Å². The SMILES string of the molecule is O=C(O)C(F)(F)F.O=C(c1occc1Cl)N1C[C@@H]2CNC[C@@H](C2)C1. The Bertz CT molecular complexity index is 593. The standard InChI is InChI=1S/C12H15ClN2O2.C2HF3O2/c13-10-1-2-17-11(10)12(16)15-6-8-3-9(7-15)5-14-4-8;3-2(4,5)1(6)7/h1-2,8-9,14H,3-7H2;(H,6,7)/t8-,9+;. The second-order valence-electron chi connectivity index (χ2n) is 5.74. The lowest BCUT2D eigenvalue weighted by Crippen LogP contribution is -2.52. The van der Waals surface area contributed by atoms with Gasteiger partial charge in [-0.1, -0.05) is 11.6 Å². The third kappa shape index (κ3) is 4.64. The molecule has 0 aliphatic carbocycles. The summed E-state index contributed by atoms with van der Waals surface area (Å²) in [5.41, 5.74) is 0. The maximum absolute atomic E-state index is 12.2. The number of alkyl halides is 3. The molecule has 3 heterocycles. The molecule has 2 N–H and O–H groups in total. The lowest BCUT2D eigenvalue weighted by atomic mass is 9.86. The van der Waals surface area contributed by atoms with Crippen molar-refractivity contribution in [1.82, 2.24) is 10.2 Å². The predicted molar refractivity (Wildman–Crippen MR) is 77.8 cm³/mol.